The monoisotopic (exact) mass is 264 g/mol. The number of carbonyl (C=O) groups excluding carboxylic acids is 1. The molecule has 0 fully saturated rings. The van der Waals surface area contributed by atoms with Crippen LogP contribution >= 0.6 is 11.6 Å². The lowest BCUT2D eigenvalue weighted by molar-refractivity contribution is -0.135. The Bertz CT molecular complexity index is 215. The Morgan fingerprint density at radius 2 is 1.25 bits per heavy atom. The van der Waals surface area contributed by atoms with Crippen LogP contribution in [0.15, 0.2) is 0 Å². The summed E-state index contributed by atoms with van der Waals surface area (Å²) in [7, 11) is -2.09. The van der Waals surface area contributed by atoms with Gasteiger partial charge in [0.2, 0.25) is 0 Å². The molecule has 0 amide bonds. The molecule has 2 nitrogen and oxygen atoms in total. The topological polar surface area (TPSA) is 26.3 Å². The minimum atomic E-state index is -2.09. The van der Waals surface area contributed by atoms with Gasteiger partial charge in [0.05, 0.1) is 0 Å². The van der Waals surface area contributed by atoms with Gasteiger partial charge in [0.15, 0.2) is 0 Å². The zero-order valence-corrected chi connectivity index (χ0v) is 13.3. The van der Waals surface area contributed by atoms with Gasteiger partial charge >= 0.3 is 5.97 Å². The van der Waals surface area contributed by atoms with Crippen molar-refractivity contribution in [3.8, 4) is 0 Å². The van der Waals surface area contributed by atoms with Crippen molar-refractivity contribution in [3.05, 3.63) is 0 Å². The van der Waals surface area contributed by atoms with Gasteiger partial charge in [-0.05, 0) is 23.5 Å². The summed E-state index contributed by atoms with van der Waals surface area (Å²) in [4.78, 5) is 11.8. The molecule has 0 N–H and O–H groups in total. The van der Waals surface area contributed by atoms with Crippen LogP contribution in [0.25, 0.3) is 0 Å². The molecule has 0 aliphatic heterocycles. The van der Waals surface area contributed by atoms with Crippen LogP contribution in [0.2, 0.25) is 16.6 Å². The summed E-state index contributed by atoms with van der Waals surface area (Å²) < 4.78 is 5.85. The highest BCUT2D eigenvalue weighted by atomic mass is 35.5. The standard InChI is InChI=1S/C12H25ClO2Si/c1-8(2)16(9(3)4,10(5)6)15-12(14)11(7)13/h8-11H,1-7H3. The summed E-state index contributed by atoms with van der Waals surface area (Å²) in [6.07, 6.45) is 0. The quantitative estimate of drug-likeness (QED) is 0.546. The molecule has 0 rings (SSSR count). The molecule has 0 aromatic heterocycles. The van der Waals surface area contributed by atoms with E-state index in [1.807, 2.05) is 0 Å². The van der Waals surface area contributed by atoms with Crippen LogP contribution in [-0.2, 0) is 9.22 Å². The first kappa shape index (κ1) is 16.0. The Balaban J connectivity index is 5.13. The Morgan fingerprint density at radius 1 is 0.938 bits per heavy atom. The molecule has 0 saturated heterocycles. The number of carbonyl (C=O) groups is 1. The molecule has 0 spiro atoms. The number of alkyl halides is 1. The minimum absolute atomic E-state index is 0.260. The number of hydrogen-bond donors (Lipinski definition) is 0. The fraction of sp³-hybridized carbons (Fsp3) is 0.917. The lowest BCUT2D eigenvalue weighted by atomic mass is 10.5. The van der Waals surface area contributed by atoms with Crippen molar-refractivity contribution in [2.24, 2.45) is 0 Å². The summed E-state index contributed by atoms with van der Waals surface area (Å²) in [5.41, 5.74) is 1.23. The Hall–Kier alpha value is -0.0231. The maximum absolute atomic E-state index is 11.8. The predicted molar refractivity (Wildman–Crippen MR) is 72.5 cm³/mol. The molecular formula is C12H25ClO2Si. The predicted octanol–water partition coefficient (Wildman–Crippen LogP) is 4.33. The third kappa shape index (κ3) is 3.23. The first-order valence-corrected chi connectivity index (χ1v) is 8.60. The van der Waals surface area contributed by atoms with E-state index in [1.165, 1.54) is 0 Å². The van der Waals surface area contributed by atoms with Crippen LogP contribution in [0, 0.1) is 0 Å². The van der Waals surface area contributed by atoms with Gasteiger partial charge in [-0.3, -0.25) is 4.79 Å². The van der Waals surface area contributed by atoms with E-state index in [9.17, 15) is 4.79 Å². The highest BCUT2D eigenvalue weighted by Crippen LogP contribution is 2.42. The summed E-state index contributed by atoms with van der Waals surface area (Å²) >= 11 is 5.80. The molecule has 0 aliphatic carbocycles. The molecule has 0 bridgehead atoms. The second kappa shape index (κ2) is 6.06. The highest BCUT2D eigenvalue weighted by Gasteiger charge is 2.48. The molecule has 0 heterocycles. The van der Waals surface area contributed by atoms with Gasteiger partial charge in [0.1, 0.15) is 5.38 Å². The van der Waals surface area contributed by atoms with E-state index in [0.29, 0.717) is 16.6 Å². The lowest BCUT2D eigenvalue weighted by Gasteiger charge is -2.41. The maximum Gasteiger partial charge on any atom is 0.310 e. The molecule has 0 saturated carbocycles. The Morgan fingerprint density at radius 3 is 1.44 bits per heavy atom. The van der Waals surface area contributed by atoms with Crippen LogP contribution in [0.5, 0.6) is 0 Å². The van der Waals surface area contributed by atoms with E-state index < -0.39 is 13.7 Å². The molecule has 0 radical (unpaired) electrons. The number of rotatable bonds is 5. The van der Waals surface area contributed by atoms with Crippen LogP contribution in [0.1, 0.15) is 48.5 Å². The fourth-order valence-corrected chi connectivity index (χ4v) is 7.96. The molecule has 1 atom stereocenters. The van der Waals surface area contributed by atoms with Gasteiger partial charge in [0.25, 0.3) is 8.32 Å². The normalized spacial score (nSPS) is 14.7. The molecule has 1 unspecified atom stereocenters. The van der Waals surface area contributed by atoms with Crippen LogP contribution in [0.3, 0.4) is 0 Å². The van der Waals surface area contributed by atoms with Gasteiger partial charge in [-0.2, -0.15) is 0 Å². The van der Waals surface area contributed by atoms with Crippen LogP contribution in [0.4, 0.5) is 0 Å². The van der Waals surface area contributed by atoms with Gasteiger partial charge in [-0.25, -0.2) is 0 Å². The number of hydrogen-bond acceptors (Lipinski definition) is 2. The molecular weight excluding hydrogens is 240 g/mol. The van der Waals surface area contributed by atoms with Gasteiger partial charge in [-0.15, -0.1) is 11.6 Å². The van der Waals surface area contributed by atoms with Crippen molar-refractivity contribution in [2.45, 2.75) is 70.5 Å². The molecule has 0 aromatic rings. The first-order chi connectivity index (χ1) is 7.16. The molecule has 16 heavy (non-hydrogen) atoms. The van der Waals surface area contributed by atoms with E-state index in [2.05, 4.69) is 41.5 Å². The fourth-order valence-electron chi connectivity index (χ4n) is 2.61. The van der Waals surface area contributed by atoms with E-state index in [0.717, 1.165) is 0 Å². The zero-order valence-electron chi connectivity index (χ0n) is 11.5. The summed E-state index contributed by atoms with van der Waals surface area (Å²) in [6.45, 7) is 14.6. The summed E-state index contributed by atoms with van der Waals surface area (Å²) in [5.74, 6) is -0.260. The van der Waals surface area contributed by atoms with Crippen molar-refractivity contribution in [3.63, 3.8) is 0 Å². The Kier molecular flexibility index (Phi) is 6.05. The number of halogens is 1. The second-order valence-electron chi connectivity index (χ2n) is 5.35. The SMILES string of the molecule is CC(Cl)C(=O)O[Si](C(C)C)(C(C)C)C(C)C. The van der Waals surface area contributed by atoms with Crippen molar-refractivity contribution < 1.29 is 9.22 Å². The van der Waals surface area contributed by atoms with Gasteiger partial charge in [0, 0.05) is 0 Å². The molecule has 4 heteroatoms. The maximum atomic E-state index is 11.8. The molecule has 96 valence electrons. The molecule has 0 aliphatic rings. The Labute approximate surface area is 106 Å². The van der Waals surface area contributed by atoms with Crippen molar-refractivity contribution in [2.75, 3.05) is 0 Å². The third-order valence-corrected chi connectivity index (χ3v) is 9.46. The summed E-state index contributed by atoms with van der Waals surface area (Å²) in [5, 5.41) is -0.553. The van der Waals surface area contributed by atoms with E-state index in [-0.39, 0.29) is 5.97 Å². The zero-order chi connectivity index (χ0) is 13.1. The van der Waals surface area contributed by atoms with Crippen molar-refractivity contribution in [1.82, 2.24) is 0 Å². The van der Waals surface area contributed by atoms with Gasteiger partial charge in [-0.1, -0.05) is 41.5 Å². The average molecular weight is 265 g/mol. The van der Waals surface area contributed by atoms with Crippen molar-refractivity contribution in [1.29, 1.82) is 0 Å². The third-order valence-electron chi connectivity index (χ3n) is 3.31. The van der Waals surface area contributed by atoms with Crippen molar-refractivity contribution >= 4 is 25.9 Å². The minimum Gasteiger partial charge on any atom is -0.517 e. The van der Waals surface area contributed by atoms with Crippen LogP contribution in [-0.4, -0.2) is 19.7 Å². The van der Waals surface area contributed by atoms with Gasteiger partial charge < -0.3 is 4.43 Å². The highest BCUT2D eigenvalue weighted by molar-refractivity contribution is 6.79. The smallest absolute Gasteiger partial charge is 0.310 e. The average Bonchev–Trinajstić information content (AvgIpc) is 2.11. The summed E-state index contributed by atoms with van der Waals surface area (Å²) in [6, 6.07) is 0. The van der Waals surface area contributed by atoms with E-state index >= 15 is 0 Å². The van der Waals surface area contributed by atoms with E-state index in [1.54, 1.807) is 6.92 Å². The van der Waals surface area contributed by atoms with Crippen LogP contribution < -0.4 is 0 Å². The van der Waals surface area contributed by atoms with E-state index in [4.69, 9.17) is 16.0 Å². The molecule has 0 aromatic carbocycles. The largest absolute Gasteiger partial charge is 0.517 e. The second-order valence-corrected chi connectivity index (χ2v) is 11.4. The lowest BCUT2D eigenvalue weighted by Crippen LogP contribution is -2.50. The first-order valence-electron chi connectivity index (χ1n) is 6.03.